The van der Waals surface area contributed by atoms with Gasteiger partial charge in [-0.1, -0.05) is 72.9 Å². The first-order valence-corrected chi connectivity index (χ1v) is 50.4. The fraction of sp³-hybridized carbons (Fsp3) is 0.667. The van der Waals surface area contributed by atoms with E-state index in [0.29, 0.717) is 5.75 Å². The zero-order valence-electron chi connectivity index (χ0n) is 91.2. The number of ether oxygens (including phenoxy) is 32. The molecule has 0 aromatic heterocycles. The minimum absolute atomic E-state index is 0.000636. The fourth-order valence-electron chi connectivity index (χ4n) is 15.8. The highest BCUT2D eigenvalue weighted by Gasteiger charge is 2.64. The highest BCUT2D eigenvalue weighted by atomic mass is 16.8. The van der Waals surface area contributed by atoms with Gasteiger partial charge in [0, 0.05) is 6.92 Å². The average molecular weight is 2120 g/mol. The van der Waals surface area contributed by atoms with Crippen molar-refractivity contribution in [2.75, 3.05) is 126 Å². The molecule has 0 amide bonds. The van der Waals surface area contributed by atoms with Crippen molar-refractivity contribution in [1.29, 1.82) is 0 Å². The van der Waals surface area contributed by atoms with Crippen LogP contribution in [-0.2, 0) is 176 Å². The summed E-state index contributed by atoms with van der Waals surface area (Å²) in [4.78, 5) is 103. The molecule has 6 heterocycles. The number of rotatable bonds is 62. The predicted molar refractivity (Wildman–Crippen MR) is 547 cm³/mol. The van der Waals surface area contributed by atoms with Crippen LogP contribution >= 0.6 is 0 Å². The van der Waals surface area contributed by atoms with Crippen molar-refractivity contribution in [2.24, 2.45) is 32.5 Å². The van der Waals surface area contributed by atoms with Gasteiger partial charge in [-0.25, -0.2) is 0 Å². The Bertz CT molecular complexity index is 4400. The van der Waals surface area contributed by atoms with Crippen LogP contribution in [-0.4, -0.2) is 352 Å². The molecule has 0 bridgehead atoms. The topological polar surface area (TPSA) is 415 Å². The summed E-state index contributed by atoms with van der Waals surface area (Å²) in [5.74, 6) is -4.77. The van der Waals surface area contributed by atoms with Crippen molar-refractivity contribution in [3.05, 3.63) is 176 Å². The van der Waals surface area contributed by atoms with Gasteiger partial charge in [0.2, 0.25) is 6.29 Å². The van der Waals surface area contributed by atoms with Crippen molar-refractivity contribution in [3.8, 4) is 11.5 Å². The van der Waals surface area contributed by atoms with E-state index in [2.05, 4.69) is 78.9 Å². The first-order valence-electron chi connectivity index (χ1n) is 50.4. The molecular weight excluding hydrogens is 1960 g/mol. The van der Waals surface area contributed by atoms with Crippen molar-refractivity contribution in [3.63, 3.8) is 0 Å². The number of carbonyl (C=O) groups excluding carboxylic acids is 7. The Hall–Kier alpha value is -8.93. The Morgan fingerprint density at radius 3 is 0.573 bits per heavy atom. The SMILES string of the molecule is C=CCOC[C@H]1O[C@@H](O[C@@H]2[C@H](OCC=C)[C@@H](OC(=O)C(C)(C)C)[C@H](O[C@@H]3[C@H](OCC=C)[C@@H](OC(=O)C(C)(C)C)[C@H](O[C@@H]4[C@H](OCC=C)[C@@H](OC(=O)C(C)(C)C)[C@H](O[C@@H]5[C@H](OCC=C)[C@@H](OC(=O)C(C)(C)C)[C@H](O[C@@H]6[C@H](OCC=C)[C@@H](OC(=O)C(C)(C)C)[C@H](Oc7ccc(OC)cc7)O[C@@H]6COCC=C)O[C@@H]5COCC=C)O[C@@H]4COCC=C)O[C@@H]3COCC=C)O[C@@H]2COCC=C)[C@H](OC(=O)C(C)(C)C)[C@@H](OCC=C)[C@H]1OC(C)=O. The zero-order chi connectivity index (χ0) is 111. The first kappa shape index (κ1) is 128. The van der Waals surface area contributed by atoms with Gasteiger partial charge in [-0.05, 0) is 149 Å². The zero-order valence-corrected chi connectivity index (χ0v) is 91.2. The second kappa shape index (κ2) is 61.4. The highest BCUT2D eigenvalue weighted by Crippen LogP contribution is 2.46. The van der Waals surface area contributed by atoms with Gasteiger partial charge in [-0.2, -0.15) is 0 Å². The van der Waals surface area contributed by atoms with Crippen LogP contribution in [0.1, 0.15) is 132 Å². The van der Waals surface area contributed by atoms with E-state index in [4.69, 9.17) is 152 Å². The van der Waals surface area contributed by atoms with Crippen molar-refractivity contribution in [1.82, 2.24) is 0 Å². The summed E-state index contributed by atoms with van der Waals surface area (Å²) < 4.78 is 216. The third-order valence-corrected chi connectivity index (χ3v) is 23.3. The summed E-state index contributed by atoms with van der Waals surface area (Å²) in [6, 6.07) is 6.61. The Morgan fingerprint density at radius 1 is 0.233 bits per heavy atom. The summed E-state index contributed by atoms with van der Waals surface area (Å²) >= 11 is 0. The van der Waals surface area contributed by atoms with Crippen LogP contribution < -0.4 is 9.47 Å². The van der Waals surface area contributed by atoms with Gasteiger partial charge in [0.1, 0.15) is 115 Å². The monoisotopic (exact) mass is 2120 g/mol. The molecule has 1 aromatic rings. The molecule has 0 unspecified atom stereocenters. The van der Waals surface area contributed by atoms with E-state index in [1.807, 2.05) is 0 Å². The van der Waals surface area contributed by atoms with Gasteiger partial charge >= 0.3 is 41.8 Å². The summed E-state index contributed by atoms with van der Waals surface area (Å²) in [6.07, 6.45) is -30.3. The van der Waals surface area contributed by atoms with Crippen LogP contribution in [0.15, 0.2) is 176 Å². The number of hydrogen-bond acceptors (Lipinski definition) is 39. The van der Waals surface area contributed by atoms with E-state index in [9.17, 15) is 14.4 Å². The molecule has 0 aliphatic carbocycles. The summed E-state index contributed by atoms with van der Waals surface area (Å²) in [6.45, 7) is 73.3. The minimum Gasteiger partial charge on any atom is -0.497 e. The standard InChI is InChI=1S/C111H166O39/c1-33-49-120-61-70-76(132-67(13)112)82(126-55-39-7)89(146-101(114)107(17,18)19)95(135-70)141-78-72(63-122-51-35-3)137-97(91(84(78)128-57-41-9)148-103(116)109(23,24)25)143-80-74(65-124-53-37-5)139-99(93(86(80)130-59-43-11)150-105(118)111(29,30)31)144-81-75(66-125-54-38-6)138-98(92(87(81)131-60-44-12)149-104(117)110(26,27)28)142-79-73(64-123-52-36-4)136-96(90(85(79)129-58-42-10)147-102(115)108(20,21)22)140-77-71(62-121-50-34-2)134-94(133-69-47-45-68(119-32)46-48-69)88(83(77)127-56-40-8)145-100(113)106(14,15)16/h33-48,70-99H,1-12,49-66H2,13-32H3/t70-,71-,72-,73-,74-,75-,76+,77+,78+,79+,80+,81+,82+,83+,84+,85+,86+,87+,88-,89-,90-,91-,92-,93-,94-,95+,96+,97+,98+,99+/m1/s1. The lowest BCUT2D eigenvalue weighted by Crippen LogP contribution is -2.70. The maximum Gasteiger partial charge on any atom is 0.311 e. The third-order valence-electron chi connectivity index (χ3n) is 23.3. The quantitative estimate of drug-likeness (QED) is 0.0253. The van der Waals surface area contributed by atoms with Crippen LogP contribution in [0.25, 0.3) is 0 Å². The molecule has 0 saturated carbocycles. The maximum atomic E-state index is 15.4. The van der Waals surface area contributed by atoms with E-state index in [1.165, 1.54) is 86.9 Å². The van der Waals surface area contributed by atoms with Gasteiger partial charge < -0.3 is 152 Å². The molecule has 39 nitrogen and oxygen atoms in total. The molecule has 0 spiro atoms. The van der Waals surface area contributed by atoms with E-state index in [-0.39, 0.29) is 98.2 Å². The van der Waals surface area contributed by atoms with Gasteiger partial charge in [0.05, 0.1) is 159 Å². The van der Waals surface area contributed by atoms with Crippen LogP contribution in [0, 0.1) is 32.5 Å². The van der Waals surface area contributed by atoms with Gasteiger partial charge in [-0.15, -0.1) is 78.9 Å². The Morgan fingerprint density at radius 2 is 0.400 bits per heavy atom. The van der Waals surface area contributed by atoms with E-state index in [0.717, 1.165) is 0 Å². The summed E-state index contributed by atoms with van der Waals surface area (Å²) in [5.41, 5.74) is -7.60. The second-order valence-corrected chi connectivity index (χ2v) is 42.3. The Labute approximate surface area is 884 Å². The van der Waals surface area contributed by atoms with Crippen LogP contribution in [0.4, 0.5) is 0 Å². The highest BCUT2D eigenvalue weighted by molar-refractivity contribution is 5.78. The largest absolute Gasteiger partial charge is 0.497 e. The van der Waals surface area contributed by atoms with Gasteiger partial charge in [-0.3, -0.25) is 33.6 Å². The number of hydrogen-bond donors (Lipinski definition) is 0. The smallest absolute Gasteiger partial charge is 0.311 e. The molecule has 39 heteroatoms. The number of benzene rings is 1. The molecule has 0 N–H and O–H groups in total. The normalized spacial score (nSPS) is 30.3. The Kier molecular flexibility index (Phi) is 52.4. The molecule has 844 valence electrons. The maximum absolute atomic E-state index is 15.4. The van der Waals surface area contributed by atoms with Crippen molar-refractivity contribution < 1.29 is 185 Å². The number of esters is 7. The predicted octanol–water partition coefficient (Wildman–Crippen LogP) is 12.7. The number of carbonyl (C=O) groups is 7. The number of methoxy groups -OCH3 is 1. The van der Waals surface area contributed by atoms with Gasteiger partial charge in [0.15, 0.2) is 74.2 Å². The molecule has 0 radical (unpaired) electrons. The van der Waals surface area contributed by atoms with Crippen molar-refractivity contribution in [2.45, 2.75) is 316 Å². The summed E-state index contributed by atoms with van der Waals surface area (Å²) in [5, 5.41) is 0. The second-order valence-electron chi connectivity index (χ2n) is 42.3. The minimum atomic E-state index is -1.92. The lowest BCUT2D eigenvalue weighted by molar-refractivity contribution is -0.401. The lowest BCUT2D eigenvalue weighted by Gasteiger charge is -2.53. The van der Waals surface area contributed by atoms with Gasteiger partial charge in [0.25, 0.3) is 0 Å². The summed E-state index contributed by atoms with van der Waals surface area (Å²) in [7, 11) is 1.51. The molecule has 6 aliphatic heterocycles. The van der Waals surface area contributed by atoms with Crippen LogP contribution in [0.2, 0.25) is 0 Å². The van der Waals surface area contributed by atoms with E-state index in [1.54, 1.807) is 149 Å². The molecule has 6 aliphatic rings. The lowest BCUT2D eigenvalue weighted by atomic mass is 9.93. The molecular formula is C111H166O39. The molecule has 7 rings (SSSR count). The van der Waals surface area contributed by atoms with Crippen LogP contribution in [0.3, 0.4) is 0 Å². The first-order chi connectivity index (χ1) is 71.0. The molecule has 6 fully saturated rings. The molecule has 30 atom stereocenters. The fourth-order valence-corrected chi connectivity index (χ4v) is 15.8. The average Bonchev–Trinajstić information content (AvgIpc) is 0.751. The third kappa shape index (κ3) is 37.7. The molecule has 6 saturated heterocycles. The van der Waals surface area contributed by atoms with Crippen molar-refractivity contribution >= 4 is 41.8 Å². The van der Waals surface area contributed by atoms with Crippen LogP contribution in [0.5, 0.6) is 11.5 Å². The Balaban J connectivity index is 1.48. The molecule has 150 heavy (non-hydrogen) atoms. The molecule has 1 aromatic carbocycles. The van der Waals surface area contributed by atoms with E-state index >= 15 is 19.2 Å². The van der Waals surface area contributed by atoms with E-state index < -0.39 is 285 Å².